The van der Waals surface area contributed by atoms with Crippen LogP contribution in [0.15, 0.2) is 70.5 Å². The molecule has 284 valence electrons. The molecule has 9 rings (SSSR count). The number of carbonyl (C=O) groups is 1. The molecule has 3 atom stereocenters. The number of benzene rings is 2. The summed E-state index contributed by atoms with van der Waals surface area (Å²) in [4.78, 5) is 28.9. The van der Waals surface area contributed by atoms with Crippen LogP contribution in [0.25, 0.3) is 0 Å². The summed E-state index contributed by atoms with van der Waals surface area (Å²) in [5.41, 5.74) is 2.79. The van der Waals surface area contributed by atoms with Crippen LogP contribution in [-0.4, -0.2) is 98.9 Å². The van der Waals surface area contributed by atoms with Crippen LogP contribution in [0.2, 0.25) is 5.02 Å². The molecule has 5 aliphatic heterocycles. The van der Waals surface area contributed by atoms with E-state index in [-0.39, 0.29) is 35.8 Å². The quantitative estimate of drug-likeness (QED) is 0.192. The molecule has 0 saturated carbocycles. The molecular formula is C38H41ClF2N6O5S2+2. The van der Waals surface area contributed by atoms with E-state index >= 15 is 0 Å². The van der Waals surface area contributed by atoms with Crippen molar-refractivity contribution in [3.63, 3.8) is 0 Å². The molecule has 54 heavy (non-hydrogen) atoms. The molecule has 7 heterocycles. The second-order valence-electron chi connectivity index (χ2n) is 14.0. The van der Waals surface area contributed by atoms with Gasteiger partial charge in [-0.25, -0.2) is 18.7 Å². The fraction of sp³-hybridized carbons (Fsp3) is 0.395. The zero-order chi connectivity index (χ0) is 37.5. The average Bonchev–Trinajstić information content (AvgIpc) is 3.85. The normalized spacial score (nSPS) is 21.8. The highest BCUT2D eigenvalue weighted by Crippen LogP contribution is 2.38. The third kappa shape index (κ3) is 8.01. The SMILES string of the molecule is CC(=O)N1CC[C@H](Nc2cc(N3CC(Oc4ccc(F)cc4)C3)nc3c2[S+](O)CC3)C1.O[S+]1CCc2nc(N3CC(Oc4ccc(F)cc4)C3)cc(Cl)c21. The Bertz CT molecular complexity index is 2010. The molecule has 11 nitrogen and oxygen atoms in total. The van der Waals surface area contributed by atoms with Crippen molar-refractivity contribution in [1.29, 1.82) is 0 Å². The van der Waals surface area contributed by atoms with Gasteiger partial charge in [0.1, 0.15) is 63.4 Å². The molecule has 2 unspecified atom stereocenters. The number of amides is 1. The molecule has 3 N–H and O–H groups in total. The Morgan fingerprint density at radius 3 is 1.81 bits per heavy atom. The summed E-state index contributed by atoms with van der Waals surface area (Å²) >= 11 is 4.72. The summed E-state index contributed by atoms with van der Waals surface area (Å²) in [5.74, 6) is 4.00. The minimum Gasteiger partial charge on any atom is -0.487 e. The minimum absolute atomic E-state index is 0.0309. The van der Waals surface area contributed by atoms with Gasteiger partial charge in [-0.1, -0.05) is 11.6 Å². The lowest BCUT2D eigenvalue weighted by Crippen LogP contribution is -2.54. The molecule has 0 aliphatic carbocycles. The first-order valence-corrected chi connectivity index (χ1v) is 21.0. The number of hydrogen-bond donors (Lipinski definition) is 3. The van der Waals surface area contributed by atoms with E-state index in [9.17, 15) is 22.7 Å². The third-order valence-corrected chi connectivity index (χ3v) is 13.6. The van der Waals surface area contributed by atoms with Crippen molar-refractivity contribution >= 4 is 57.2 Å². The molecule has 4 aromatic rings. The predicted octanol–water partition coefficient (Wildman–Crippen LogP) is 5.68. The maximum absolute atomic E-state index is 13.1. The van der Waals surface area contributed by atoms with Crippen molar-refractivity contribution < 1.29 is 32.2 Å². The number of carbonyl (C=O) groups excluding carboxylic acids is 1. The highest BCUT2D eigenvalue weighted by Gasteiger charge is 2.41. The average molecular weight is 799 g/mol. The van der Waals surface area contributed by atoms with Crippen molar-refractivity contribution in [3.8, 4) is 11.5 Å². The number of aromatic nitrogens is 2. The Morgan fingerprint density at radius 2 is 1.30 bits per heavy atom. The molecule has 16 heteroatoms. The smallest absolute Gasteiger partial charge is 0.234 e. The van der Waals surface area contributed by atoms with Gasteiger partial charge in [0.2, 0.25) is 15.7 Å². The highest BCUT2D eigenvalue weighted by atomic mass is 35.5. The lowest BCUT2D eigenvalue weighted by Gasteiger charge is -2.40. The standard InChI is InChI=1S/C22H26FN4O3S.C16H15ClFN2O2S/c1-14(28)26-8-6-16(11-26)24-20-10-21(25-19-7-9-31(29)22(19)20)27-12-18(13-27)30-17-4-2-15(23)3-5-17;17-13-7-15(19-14-5-6-23(21)16(13)14)20-8-12(9-20)22-11-3-1-10(18)2-4-11/h2-5,10,16,18,29H,6-9,11-13H2,1H3,(H,24,25);1-4,7,12,21H,5-6,8-9H2/q2*+1/t16-,31?;/m0./s1. The molecule has 3 saturated heterocycles. The first-order valence-electron chi connectivity index (χ1n) is 18.0. The summed E-state index contributed by atoms with van der Waals surface area (Å²) in [5, 5.41) is 4.17. The third-order valence-electron chi connectivity index (χ3n) is 10.1. The maximum Gasteiger partial charge on any atom is 0.234 e. The molecular weight excluding hydrogens is 758 g/mol. The predicted molar refractivity (Wildman–Crippen MR) is 207 cm³/mol. The van der Waals surface area contributed by atoms with Crippen molar-refractivity contribution in [3.05, 3.63) is 88.7 Å². The summed E-state index contributed by atoms with van der Waals surface area (Å²) in [6.45, 7) is 5.87. The van der Waals surface area contributed by atoms with Gasteiger partial charge in [-0.2, -0.15) is 9.11 Å². The lowest BCUT2D eigenvalue weighted by atomic mass is 10.1. The topological polar surface area (TPSA) is 124 Å². The van der Waals surface area contributed by atoms with E-state index in [2.05, 4.69) is 20.1 Å². The number of aryl methyl sites for hydroxylation is 2. The van der Waals surface area contributed by atoms with Crippen LogP contribution in [0.1, 0.15) is 24.7 Å². The van der Waals surface area contributed by atoms with Crippen LogP contribution in [-0.2, 0) is 40.0 Å². The second-order valence-corrected chi connectivity index (χ2v) is 17.5. The monoisotopic (exact) mass is 798 g/mol. The van der Waals surface area contributed by atoms with E-state index in [0.29, 0.717) is 60.8 Å². The van der Waals surface area contributed by atoms with Crippen LogP contribution in [0.4, 0.5) is 26.1 Å². The van der Waals surface area contributed by atoms with E-state index in [1.165, 1.54) is 24.3 Å². The number of rotatable bonds is 8. The number of pyridine rings is 2. The number of nitrogens with zero attached hydrogens (tertiary/aromatic N) is 5. The summed E-state index contributed by atoms with van der Waals surface area (Å²) in [6.07, 6.45) is 2.52. The minimum atomic E-state index is -0.797. The van der Waals surface area contributed by atoms with Crippen molar-refractivity contribution in [2.24, 2.45) is 0 Å². The van der Waals surface area contributed by atoms with Crippen molar-refractivity contribution in [1.82, 2.24) is 14.9 Å². The Balaban J connectivity index is 0.000000160. The van der Waals surface area contributed by atoms with Gasteiger partial charge in [0.15, 0.2) is 33.9 Å². The van der Waals surface area contributed by atoms with Gasteiger partial charge in [0.05, 0.1) is 31.9 Å². The number of halogens is 3. The van der Waals surface area contributed by atoms with Crippen LogP contribution in [0.5, 0.6) is 11.5 Å². The fourth-order valence-electron chi connectivity index (χ4n) is 7.18. The molecule has 2 aromatic heterocycles. The number of likely N-dealkylation sites (tertiary alicyclic amines) is 1. The van der Waals surface area contributed by atoms with Crippen LogP contribution in [0.3, 0.4) is 0 Å². The van der Waals surface area contributed by atoms with E-state index in [1.54, 1.807) is 31.2 Å². The first kappa shape index (κ1) is 36.9. The Morgan fingerprint density at radius 1 is 0.796 bits per heavy atom. The zero-order valence-electron chi connectivity index (χ0n) is 29.6. The summed E-state index contributed by atoms with van der Waals surface area (Å²) in [7, 11) is 0. The van der Waals surface area contributed by atoms with E-state index in [4.69, 9.17) is 26.1 Å². The summed E-state index contributed by atoms with van der Waals surface area (Å²) < 4.78 is 58.1. The second kappa shape index (κ2) is 15.6. The van der Waals surface area contributed by atoms with E-state index in [1.807, 2.05) is 17.0 Å². The van der Waals surface area contributed by atoms with Gasteiger partial charge in [0.25, 0.3) is 0 Å². The molecule has 1 amide bonds. The molecule has 5 aliphatic rings. The van der Waals surface area contributed by atoms with Crippen LogP contribution in [0, 0.1) is 11.6 Å². The number of fused-ring (bicyclic) bond motifs is 2. The van der Waals surface area contributed by atoms with E-state index in [0.717, 1.165) is 64.3 Å². The Kier molecular flexibility index (Phi) is 10.7. The molecule has 0 radical (unpaired) electrons. The van der Waals surface area contributed by atoms with Gasteiger partial charge >= 0.3 is 0 Å². The number of ether oxygens (including phenoxy) is 2. The van der Waals surface area contributed by atoms with Crippen LogP contribution >= 0.6 is 11.6 Å². The van der Waals surface area contributed by atoms with Crippen molar-refractivity contribution in [2.45, 2.75) is 54.2 Å². The number of anilines is 3. The molecule has 0 spiro atoms. The Hall–Kier alpha value is -4.02. The molecule has 0 bridgehead atoms. The van der Waals surface area contributed by atoms with Gasteiger partial charge < -0.3 is 29.5 Å². The largest absolute Gasteiger partial charge is 0.487 e. The number of nitrogens with one attached hydrogen (secondary N) is 1. The lowest BCUT2D eigenvalue weighted by molar-refractivity contribution is -0.127. The van der Waals surface area contributed by atoms with Crippen LogP contribution < -0.4 is 24.6 Å². The highest BCUT2D eigenvalue weighted by molar-refractivity contribution is 7.92. The van der Waals surface area contributed by atoms with Gasteiger partial charge in [-0.15, -0.1) is 0 Å². The van der Waals surface area contributed by atoms with Gasteiger partial charge in [-0.05, 0) is 55.0 Å². The molecule has 2 aromatic carbocycles. The number of hydrogen-bond acceptors (Lipinski definition) is 10. The van der Waals surface area contributed by atoms with E-state index < -0.39 is 22.4 Å². The fourth-order valence-corrected chi connectivity index (χ4v) is 10.3. The van der Waals surface area contributed by atoms with Crippen molar-refractivity contribution in [2.75, 3.05) is 65.9 Å². The Labute approximate surface area is 323 Å². The zero-order valence-corrected chi connectivity index (χ0v) is 32.0. The summed E-state index contributed by atoms with van der Waals surface area (Å²) in [6, 6.07) is 16.1. The van der Waals surface area contributed by atoms with Gasteiger partial charge in [0, 0.05) is 51.0 Å². The maximum atomic E-state index is 13.1. The van der Waals surface area contributed by atoms with Gasteiger partial charge in [-0.3, -0.25) is 4.79 Å². The first-order chi connectivity index (χ1) is 26.1. The molecule has 3 fully saturated rings.